The van der Waals surface area contributed by atoms with Gasteiger partial charge < -0.3 is 10.1 Å². The number of carbonyl (C=O) groups excluding carboxylic acids is 1. The van der Waals surface area contributed by atoms with Gasteiger partial charge in [0.1, 0.15) is 6.33 Å². The number of hydrogen-bond donors (Lipinski definition) is 1. The summed E-state index contributed by atoms with van der Waals surface area (Å²) >= 11 is 0. The summed E-state index contributed by atoms with van der Waals surface area (Å²) in [6.07, 6.45) is 5.44. The first-order valence-electron chi connectivity index (χ1n) is 4.97. The third-order valence-electron chi connectivity index (χ3n) is 2.40. The van der Waals surface area contributed by atoms with Crippen LogP contribution in [-0.2, 0) is 4.74 Å². The van der Waals surface area contributed by atoms with Gasteiger partial charge in [-0.25, -0.2) is 9.97 Å². The van der Waals surface area contributed by atoms with Crippen molar-refractivity contribution in [2.45, 2.75) is 6.42 Å². The molecule has 0 bridgehead atoms. The molecule has 1 aliphatic rings. The molecule has 0 saturated carbocycles. The van der Waals surface area contributed by atoms with Crippen molar-refractivity contribution >= 4 is 5.91 Å². The number of carbonyl (C=O) groups is 1. The Morgan fingerprint density at radius 2 is 2.33 bits per heavy atom. The molecule has 2 heterocycles. The van der Waals surface area contributed by atoms with E-state index in [4.69, 9.17) is 4.74 Å². The molecule has 0 aliphatic carbocycles. The van der Waals surface area contributed by atoms with Crippen LogP contribution in [0, 0.1) is 5.92 Å². The summed E-state index contributed by atoms with van der Waals surface area (Å²) in [4.78, 5) is 19.1. The van der Waals surface area contributed by atoms with Crippen molar-refractivity contribution in [2.75, 3.05) is 19.8 Å². The average Bonchev–Trinajstić information content (AvgIpc) is 2.80. The Bertz CT molecular complexity index is 323. The quantitative estimate of drug-likeness (QED) is 0.771. The molecule has 2 rings (SSSR count). The first kappa shape index (κ1) is 10.0. The molecule has 5 nitrogen and oxygen atoms in total. The van der Waals surface area contributed by atoms with Crippen LogP contribution in [0.2, 0.25) is 0 Å². The van der Waals surface area contributed by atoms with E-state index in [0.717, 1.165) is 19.6 Å². The van der Waals surface area contributed by atoms with Crippen molar-refractivity contribution in [1.82, 2.24) is 15.3 Å². The SMILES string of the molecule is O=C(NCC1CCOC1)c1cncnc1. The fourth-order valence-electron chi connectivity index (χ4n) is 1.50. The molecule has 80 valence electrons. The van der Waals surface area contributed by atoms with E-state index in [0.29, 0.717) is 18.0 Å². The molecule has 1 aliphatic heterocycles. The number of nitrogens with zero attached hydrogens (tertiary/aromatic N) is 2. The maximum atomic E-state index is 11.6. The van der Waals surface area contributed by atoms with Gasteiger partial charge in [-0.15, -0.1) is 0 Å². The molecule has 0 spiro atoms. The van der Waals surface area contributed by atoms with Crippen molar-refractivity contribution in [2.24, 2.45) is 5.92 Å². The molecular weight excluding hydrogens is 194 g/mol. The second-order valence-electron chi connectivity index (χ2n) is 3.57. The minimum Gasteiger partial charge on any atom is -0.381 e. The Morgan fingerprint density at radius 1 is 1.53 bits per heavy atom. The second-order valence-corrected chi connectivity index (χ2v) is 3.57. The predicted molar refractivity (Wildman–Crippen MR) is 53.3 cm³/mol. The fourth-order valence-corrected chi connectivity index (χ4v) is 1.50. The van der Waals surface area contributed by atoms with Crippen molar-refractivity contribution in [1.29, 1.82) is 0 Å². The zero-order chi connectivity index (χ0) is 10.5. The second kappa shape index (κ2) is 4.84. The first-order valence-corrected chi connectivity index (χ1v) is 4.97. The van der Waals surface area contributed by atoms with Gasteiger partial charge in [-0.3, -0.25) is 4.79 Å². The van der Waals surface area contributed by atoms with Gasteiger partial charge in [0.05, 0.1) is 12.2 Å². The molecule has 1 atom stereocenters. The molecule has 1 unspecified atom stereocenters. The summed E-state index contributed by atoms with van der Waals surface area (Å²) in [5, 5.41) is 2.84. The van der Waals surface area contributed by atoms with Crippen LogP contribution in [0.1, 0.15) is 16.8 Å². The highest BCUT2D eigenvalue weighted by Crippen LogP contribution is 2.10. The van der Waals surface area contributed by atoms with E-state index in [2.05, 4.69) is 15.3 Å². The molecule has 0 radical (unpaired) electrons. The smallest absolute Gasteiger partial charge is 0.254 e. The summed E-state index contributed by atoms with van der Waals surface area (Å²) < 4.78 is 5.22. The molecular formula is C10H13N3O2. The van der Waals surface area contributed by atoms with E-state index in [1.165, 1.54) is 18.7 Å². The molecule has 1 saturated heterocycles. The van der Waals surface area contributed by atoms with Gasteiger partial charge in [-0.1, -0.05) is 0 Å². The highest BCUT2D eigenvalue weighted by atomic mass is 16.5. The molecule has 1 aromatic rings. The lowest BCUT2D eigenvalue weighted by Gasteiger charge is -2.08. The zero-order valence-corrected chi connectivity index (χ0v) is 8.35. The van der Waals surface area contributed by atoms with Gasteiger partial charge in [-0.2, -0.15) is 0 Å². The number of ether oxygens (including phenoxy) is 1. The van der Waals surface area contributed by atoms with E-state index in [9.17, 15) is 4.79 Å². The Hall–Kier alpha value is -1.49. The van der Waals surface area contributed by atoms with E-state index in [1.807, 2.05) is 0 Å². The zero-order valence-electron chi connectivity index (χ0n) is 8.35. The van der Waals surface area contributed by atoms with Crippen LogP contribution in [0.15, 0.2) is 18.7 Å². The lowest BCUT2D eigenvalue weighted by Crippen LogP contribution is -2.29. The van der Waals surface area contributed by atoms with Gasteiger partial charge in [-0.05, 0) is 6.42 Å². The highest BCUT2D eigenvalue weighted by Gasteiger charge is 2.16. The largest absolute Gasteiger partial charge is 0.381 e. The fraction of sp³-hybridized carbons (Fsp3) is 0.500. The number of amides is 1. The lowest BCUT2D eigenvalue weighted by molar-refractivity contribution is 0.0944. The van der Waals surface area contributed by atoms with Crippen molar-refractivity contribution in [3.63, 3.8) is 0 Å². The standard InChI is InChI=1S/C10H13N3O2/c14-10(9-4-11-7-12-5-9)13-3-8-1-2-15-6-8/h4-5,7-8H,1-3,6H2,(H,13,14). The monoisotopic (exact) mass is 207 g/mol. The maximum absolute atomic E-state index is 11.6. The molecule has 1 aromatic heterocycles. The summed E-state index contributed by atoms with van der Waals surface area (Å²) in [5.41, 5.74) is 0.497. The maximum Gasteiger partial charge on any atom is 0.254 e. The van der Waals surface area contributed by atoms with Crippen molar-refractivity contribution < 1.29 is 9.53 Å². The van der Waals surface area contributed by atoms with Crippen LogP contribution in [0.3, 0.4) is 0 Å². The van der Waals surface area contributed by atoms with E-state index in [-0.39, 0.29) is 5.91 Å². The molecule has 1 N–H and O–H groups in total. The molecule has 0 aromatic carbocycles. The number of nitrogens with one attached hydrogen (secondary N) is 1. The predicted octanol–water partition coefficient (Wildman–Crippen LogP) is 0.243. The Kier molecular flexibility index (Phi) is 3.24. The average molecular weight is 207 g/mol. The third-order valence-corrected chi connectivity index (χ3v) is 2.40. The van der Waals surface area contributed by atoms with Gasteiger partial charge in [0.2, 0.25) is 0 Å². The lowest BCUT2D eigenvalue weighted by atomic mass is 10.1. The van der Waals surface area contributed by atoms with E-state index < -0.39 is 0 Å². The molecule has 1 amide bonds. The minimum atomic E-state index is -0.123. The molecule has 15 heavy (non-hydrogen) atoms. The van der Waals surface area contributed by atoms with Crippen molar-refractivity contribution in [3.05, 3.63) is 24.3 Å². The van der Waals surface area contributed by atoms with Crippen LogP contribution < -0.4 is 5.32 Å². The highest BCUT2D eigenvalue weighted by molar-refractivity contribution is 5.93. The minimum absolute atomic E-state index is 0.123. The normalized spacial score (nSPS) is 20.1. The topological polar surface area (TPSA) is 64.1 Å². The summed E-state index contributed by atoms with van der Waals surface area (Å²) in [6, 6.07) is 0. The molecule has 5 heteroatoms. The van der Waals surface area contributed by atoms with E-state index in [1.54, 1.807) is 0 Å². The van der Waals surface area contributed by atoms with Gasteiger partial charge in [0, 0.05) is 31.5 Å². The van der Waals surface area contributed by atoms with Gasteiger partial charge in [0.25, 0.3) is 5.91 Å². The Balaban J connectivity index is 1.82. The summed E-state index contributed by atoms with van der Waals surface area (Å²) in [6.45, 7) is 2.20. The summed E-state index contributed by atoms with van der Waals surface area (Å²) in [7, 11) is 0. The first-order chi connectivity index (χ1) is 7.36. The Labute approximate surface area is 87.9 Å². The van der Waals surface area contributed by atoms with E-state index >= 15 is 0 Å². The van der Waals surface area contributed by atoms with Crippen LogP contribution in [0.25, 0.3) is 0 Å². The van der Waals surface area contributed by atoms with Gasteiger partial charge >= 0.3 is 0 Å². The Morgan fingerprint density at radius 3 is 3.00 bits per heavy atom. The van der Waals surface area contributed by atoms with Crippen molar-refractivity contribution in [3.8, 4) is 0 Å². The summed E-state index contributed by atoms with van der Waals surface area (Å²) in [5.74, 6) is 0.320. The van der Waals surface area contributed by atoms with Crippen LogP contribution in [-0.4, -0.2) is 35.6 Å². The third kappa shape index (κ3) is 2.73. The number of hydrogen-bond acceptors (Lipinski definition) is 4. The van der Waals surface area contributed by atoms with Crippen LogP contribution in [0.5, 0.6) is 0 Å². The van der Waals surface area contributed by atoms with Crippen LogP contribution >= 0.6 is 0 Å². The van der Waals surface area contributed by atoms with Gasteiger partial charge in [0.15, 0.2) is 0 Å². The molecule has 1 fully saturated rings. The van der Waals surface area contributed by atoms with Crippen LogP contribution in [0.4, 0.5) is 0 Å². The number of aromatic nitrogens is 2. The number of rotatable bonds is 3.